The maximum Gasteiger partial charge on any atom is 0.233 e. The molecular formula is C15H22ClN7O2. The van der Waals surface area contributed by atoms with Crippen molar-refractivity contribution in [3.63, 3.8) is 0 Å². The van der Waals surface area contributed by atoms with Crippen molar-refractivity contribution in [2.45, 2.75) is 12.8 Å². The van der Waals surface area contributed by atoms with Crippen LogP contribution in [0, 0.1) is 5.41 Å². The molecule has 2 aromatic rings. The number of carbonyl (C=O) groups is 2. The molecule has 1 aliphatic heterocycles. The van der Waals surface area contributed by atoms with Crippen LogP contribution < -0.4 is 16.0 Å². The van der Waals surface area contributed by atoms with Crippen molar-refractivity contribution in [1.82, 2.24) is 24.9 Å². The van der Waals surface area contributed by atoms with Crippen LogP contribution in [0.4, 0.5) is 11.6 Å². The van der Waals surface area contributed by atoms with Crippen LogP contribution in [0.2, 0.25) is 0 Å². The molecule has 9 nitrogen and oxygen atoms in total. The van der Waals surface area contributed by atoms with Crippen LogP contribution in [0.5, 0.6) is 0 Å². The van der Waals surface area contributed by atoms with E-state index in [0.717, 1.165) is 0 Å². The summed E-state index contributed by atoms with van der Waals surface area (Å²) in [6, 6.07) is 3.44. The topological polar surface area (TPSA) is 106 Å². The van der Waals surface area contributed by atoms with Gasteiger partial charge in [-0.25, -0.2) is 0 Å². The number of halogens is 1. The number of carbonyl (C=O) groups excluding carboxylic acids is 2. The van der Waals surface area contributed by atoms with Gasteiger partial charge in [-0.15, -0.1) is 12.4 Å². The van der Waals surface area contributed by atoms with Gasteiger partial charge in [-0.05, 0) is 13.0 Å². The molecule has 3 rings (SSSR count). The summed E-state index contributed by atoms with van der Waals surface area (Å²) in [6.45, 7) is 1.17. The number of anilines is 2. The van der Waals surface area contributed by atoms with Crippen LogP contribution in [-0.4, -0.2) is 44.5 Å². The van der Waals surface area contributed by atoms with E-state index >= 15 is 0 Å². The quantitative estimate of drug-likeness (QED) is 0.714. The van der Waals surface area contributed by atoms with Gasteiger partial charge in [0.2, 0.25) is 11.8 Å². The monoisotopic (exact) mass is 367 g/mol. The van der Waals surface area contributed by atoms with Crippen molar-refractivity contribution in [2.24, 2.45) is 19.5 Å². The van der Waals surface area contributed by atoms with E-state index in [9.17, 15) is 9.59 Å². The molecule has 0 saturated carbocycles. The number of hydrogen-bond acceptors (Lipinski definition) is 5. The molecule has 25 heavy (non-hydrogen) atoms. The molecule has 2 aromatic heterocycles. The Bertz CT molecular complexity index is 749. The zero-order chi connectivity index (χ0) is 17.2. The van der Waals surface area contributed by atoms with Crippen LogP contribution in [0.3, 0.4) is 0 Å². The van der Waals surface area contributed by atoms with E-state index in [2.05, 4.69) is 26.1 Å². The Morgan fingerprint density at radius 2 is 1.76 bits per heavy atom. The van der Waals surface area contributed by atoms with Gasteiger partial charge in [0.25, 0.3) is 0 Å². The van der Waals surface area contributed by atoms with E-state index in [1.807, 2.05) is 0 Å². The number of aromatic nitrogens is 4. The standard InChI is InChI=1S/C15H21N7O2.ClH/c1-21-11(3-6-17-21)19-13(23)9-15(5-8-16-10-15)14(24)20-12-4-7-18-22(12)2;/h3-4,6-7,16H,5,8-10H2,1-2H3,(H,19,23)(H,20,24);1H. The summed E-state index contributed by atoms with van der Waals surface area (Å²) >= 11 is 0. The van der Waals surface area contributed by atoms with E-state index in [1.54, 1.807) is 48.0 Å². The van der Waals surface area contributed by atoms with Crippen molar-refractivity contribution >= 4 is 35.9 Å². The highest BCUT2D eigenvalue weighted by Gasteiger charge is 2.43. The minimum atomic E-state index is -0.771. The van der Waals surface area contributed by atoms with Crippen LogP contribution in [0.25, 0.3) is 0 Å². The Hall–Kier alpha value is -2.39. The minimum Gasteiger partial charge on any atom is -0.316 e. The first-order valence-corrected chi connectivity index (χ1v) is 7.78. The Labute approximate surface area is 151 Å². The van der Waals surface area contributed by atoms with Crippen molar-refractivity contribution in [1.29, 1.82) is 0 Å². The fraction of sp³-hybridized carbons (Fsp3) is 0.467. The highest BCUT2D eigenvalue weighted by molar-refractivity contribution is 6.00. The third-order valence-electron chi connectivity index (χ3n) is 4.38. The molecule has 10 heteroatoms. The highest BCUT2D eigenvalue weighted by atomic mass is 35.5. The van der Waals surface area contributed by atoms with Gasteiger partial charge in [-0.1, -0.05) is 0 Å². The van der Waals surface area contributed by atoms with E-state index in [4.69, 9.17) is 0 Å². The molecule has 136 valence electrons. The number of nitrogens with one attached hydrogen (secondary N) is 3. The summed E-state index contributed by atoms with van der Waals surface area (Å²) < 4.78 is 3.16. The Morgan fingerprint density at radius 1 is 1.16 bits per heavy atom. The van der Waals surface area contributed by atoms with Gasteiger partial charge in [0, 0.05) is 39.2 Å². The second kappa shape index (κ2) is 7.66. The first-order valence-electron chi connectivity index (χ1n) is 7.78. The average molecular weight is 368 g/mol. The van der Waals surface area contributed by atoms with Crippen molar-refractivity contribution in [2.75, 3.05) is 23.7 Å². The number of aryl methyl sites for hydroxylation is 2. The summed E-state index contributed by atoms with van der Waals surface area (Å²) in [5.41, 5.74) is -0.771. The zero-order valence-electron chi connectivity index (χ0n) is 14.2. The molecule has 0 aromatic carbocycles. The molecule has 1 aliphatic rings. The fourth-order valence-electron chi connectivity index (χ4n) is 2.91. The van der Waals surface area contributed by atoms with Crippen LogP contribution in [0.15, 0.2) is 24.5 Å². The van der Waals surface area contributed by atoms with E-state index in [-0.39, 0.29) is 30.6 Å². The van der Waals surface area contributed by atoms with E-state index in [0.29, 0.717) is 31.1 Å². The summed E-state index contributed by atoms with van der Waals surface area (Å²) in [7, 11) is 3.50. The highest BCUT2D eigenvalue weighted by Crippen LogP contribution is 2.31. The smallest absolute Gasteiger partial charge is 0.233 e. The summed E-state index contributed by atoms with van der Waals surface area (Å²) in [5.74, 6) is 0.838. The van der Waals surface area contributed by atoms with Gasteiger partial charge >= 0.3 is 0 Å². The second-order valence-corrected chi connectivity index (χ2v) is 6.07. The lowest BCUT2D eigenvalue weighted by Crippen LogP contribution is -2.41. The molecule has 1 fully saturated rings. The van der Waals surface area contributed by atoms with Crippen molar-refractivity contribution in [3.8, 4) is 0 Å². The van der Waals surface area contributed by atoms with E-state index < -0.39 is 5.41 Å². The largest absolute Gasteiger partial charge is 0.316 e. The second-order valence-electron chi connectivity index (χ2n) is 6.07. The minimum absolute atomic E-state index is 0. The van der Waals surface area contributed by atoms with Crippen molar-refractivity contribution < 1.29 is 9.59 Å². The van der Waals surface area contributed by atoms with Crippen LogP contribution in [-0.2, 0) is 23.7 Å². The van der Waals surface area contributed by atoms with Gasteiger partial charge in [0.15, 0.2) is 0 Å². The molecule has 3 heterocycles. The van der Waals surface area contributed by atoms with Gasteiger partial charge in [-0.3, -0.25) is 19.0 Å². The molecule has 2 amide bonds. The lowest BCUT2D eigenvalue weighted by atomic mass is 9.82. The summed E-state index contributed by atoms with van der Waals surface area (Å²) in [6.07, 6.45) is 3.94. The van der Waals surface area contributed by atoms with Gasteiger partial charge in [0.05, 0.1) is 17.8 Å². The van der Waals surface area contributed by atoms with Crippen LogP contribution in [0.1, 0.15) is 12.8 Å². The Balaban J connectivity index is 0.00000225. The maximum atomic E-state index is 12.8. The Morgan fingerprint density at radius 3 is 2.24 bits per heavy atom. The van der Waals surface area contributed by atoms with Crippen LogP contribution >= 0.6 is 12.4 Å². The SMILES string of the molecule is Cl.Cn1nccc1NC(=O)CC1(C(=O)Nc2ccnn2C)CCNC1. The fourth-order valence-corrected chi connectivity index (χ4v) is 2.91. The van der Waals surface area contributed by atoms with Gasteiger partial charge < -0.3 is 16.0 Å². The lowest BCUT2D eigenvalue weighted by Gasteiger charge is -2.26. The van der Waals surface area contributed by atoms with Crippen molar-refractivity contribution in [3.05, 3.63) is 24.5 Å². The van der Waals surface area contributed by atoms with Gasteiger partial charge in [-0.2, -0.15) is 10.2 Å². The zero-order valence-corrected chi connectivity index (χ0v) is 15.0. The van der Waals surface area contributed by atoms with E-state index in [1.165, 1.54) is 0 Å². The molecule has 3 N–H and O–H groups in total. The molecular weight excluding hydrogens is 346 g/mol. The third kappa shape index (κ3) is 3.99. The molecule has 0 bridgehead atoms. The normalized spacial score (nSPS) is 19.3. The number of rotatable bonds is 5. The molecule has 0 spiro atoms. The summed E-state index contributed by atoms with van der Waals surface area (Å²) in [4.78, 5) is 25.2. The number of hydrogen-bond donors (Lipinski definition) is 3. The predicted octanol–water partition coefficient (Wildman–Crippen LogP) is 0.522. The predicted molar refractivity (Wildman–Crippen MR) is 95.5 cm³/mol. The molecule has 1 unspecified atom stereocenters. The number of amides is 2. The number of nitrogens with zero attached hydrogens (tertiary/aromatic N) is 4. The summed E-state index contributed by atoms with van der Waals surface area (Å²) in [5, 5.41) is 16.9. The lowest BCUT2D eigenvalue weighted by molar-refractivity contribution is -0.129. The molecule has 0 aliphatic carbocycles. The maximum absolute atomic E-state index is 12.8. The molecule has 1 atom stereocenters. The third-order valence-corrected chi connectivity index (χ3v) is 4.38. The molecule has 0 radical (unpaired) electrons. The van der Waals surface area contributed by atoms with Gasteiger partial charge in [0.1, 0.15) is 11.6 Å². The first kappa shape index (κ1) is 18.9. The Kier molecular flexibility index (Phi) is 5.81. The first-order chi connectivity index (χ1) is 11.5. The average Bonchev–Trinajstić information content (AvgIpc) is 3.25. The molecule has 1 saturated heterocycles.